The molecule has 0 rings (SSSR count). The number of carboxylic acids is 1. The van der Waals surface area contributed by atoms with Gasteiger partial charge >= 0.3 is 5.97 Å². The van der Waals surface area contributed by atoms with Gasteiger partial charge in [0, 0.05) is 0 Å². The maximum atomic E-state index is 11.4. The van der Waals surface area contributed by atoms with E-state index >= 15 is 0 Å². The Bertz CT molecular complexity index is 255. The molecule has 0 radical (unpaired) electrons. The van der Waals surface area contributed by atoms with Crippen LogP contribution in [-0.2, 0) is 21.0 Å². The third-order valence-electron chi connectivity index (χ3n) is 1.53. The van der Waals surface area contributed by atoms with Crippen LogP contribution in [0.5, 0.6) is 0 Å². The Morgan fingerprint density at radius 3 is 2.60 bits per heavy atom. The number of aliphatic hydroxyl groups excluding tert-OH is 1. The van der Waals surface area contributed by atoms with Crippen molar-refractivity contribution in [2.75, 3.05) is 6.61 Å². The molecule has 7 heteroatoms. The molecule has 0 saturated heterocycles. The third-order valence-corrected chi connectivity index (χ3v) is 2.89. The Labute approximate surface area is 90.3 Å². The molecule has 0 fully saturated rings. The zero-order valence-corrected chi connectivity index (χ0v) is 8.99. The number of allylic oxidation sites excluding steroid dienone is 1. The van der Waals surface area contributed by atoms with Crippen molar-refractivity contribution in [3.8, 4) is 0 Å². The van der Waals surface area contributed by atoms with E-state index in [1.165, 1.54) is 6.08 Å². The summed E-state index contributed by atoms with van der Waals surface area (Å²) in [5, 5.41) is 17.2. The van der Waals surface area contributed by atoms with E-state index in [0.717, 1.165) is 0 Å². The normalized spacial score (nSPS) is 15.8. The van der Waals surface area contributed by atoms with Crippen LogP contribution in [0.25, 0.3) is 0 Å². The van der Waals surface area contributed by atoms with Gasteiger partial charge in [0.1, 0.15) is 18.9 Å². The minimum Gasteiger partial charge on any atom is -0.593 e. The van der Waals surface area contributed by atoms with Gasteiger partial charge in [0.2, 0.25) is 0 Å². The lowest BCUT2D eigenvalue weighted by molar-refractivity contribution is -0.138. The number of nitrogens with one attached hydrogen (secondary N) is 1. The lowest BCUT2D eigenvalue weighted by atomic mass is 10.2. The van der Waals surface area contributed by atoms with E-state index < -0.39 is 36.4 Å². The van der Waals surface area contributed by atoms with Crippen molar-refractivity contribution >= 4 is 23.6 Å². The summed E-state index contributed by atoms with van der Waals surface area (Å²) in [7, 11) is 0. The maximum Gasteiger partial charge on any atom is 0.305 e. The number of hydrogen-bond donors (Lipinski definition) is 3. The molecular formula is C8H13NO5S. The van der Waals surface area contributed by atoms with E-state index in [0.29, 0.717) is 6.29 Å². The Kier molecular flexibility index (Phi) is 6.97. The predicted octanol–water partition coefficient (Wildman–Crippen LogP) is -0.822. The topological polar surface area (TPSA) is 110 Å². The molecule has 0 aromatic carbocycles. The summed E-state index contributed by atoms with van der Waals surface area (Å²) in [6.07, 6.45) is 1.36. The molecule has 0 spiro atoms. The fourth-order valence-electron chi connectivity index (χ4n) is 0.776. The highest BCUT2D eigenvalue weighted by Crippen LogP contribution is 2.04. The van der Waals surface area contributed by atoms with Gasteiger partial charge in [0.15, 0.2) is 4.91 Å². The highest BCUT2D eigenvalue weighted by Gasteiger charge is 2.21. The molecule has 2 atom stereocenters. The summed E-state index contributed by atoms with van der Waals surface area (Å²) >= 11 is -1.74. The van der Waals surface area contributed by atoms with Gasteiger partial charge in [0.05, 0.1) is 17.8 Å². The Morgan fingerprint density at radius 2 is 2.27 bits per heavy atom. The highest BCUT2D eigenvalue weighted by atomic mass is 32.2. The van der Waals surface area contributed by atoms with Crippen molar-refractivity contribution in [3.63, 3.8) is 0 Å². The van der Waals surface area contributed by atoms with Gasteiger partial charge in [-0.05, 0) is 13.0 Å². The number of aliphatic hydroxyl groups is 1. The summed E-state index contributed by atoms with van der Waals surface area (Å²) in [6.45, 7) is 1.17. The number of carbonyl (C=O) groups excluding carboxylic acids is 1. The quantitative estimate of drug-likeness (QED) is 0.393. The molecule has 0 bridgehead atoms. The summed E-state index contributed by atoms with van der Waals surface area (Å²) < 4.78 is 13.7. The zero-order chi connectivity index (χ0) is 11.8. The molecule has 6 nitrogen and oxygen atoms in total. The van der Waals surface area contributed by atoms with E-state index in [9.17, 15) is 14.1 Å². The van der Waals surface area contributed by atoms with Crippen LogP contribution in [0.1, 0.15) is 13.3 Å². The smallest absolute Gasteiger partial charge is 0.305 e. The molecule has 0 aliphatic carbocycles. The van der Waals surface area contributed by atoms with Gasteiger partial charge in [-0.3, -0.25) is 4.79 Å². The number of hydrogen-bond acceptors (Lipinski definition) is 5. The first-order valence-electron chi connectivity index (χ1n) is 4.16. The number of carboxylic acid groups (broad SMARTS) is 1. The fraction of sp³-hybridized carbons (Fsp3) is 0.500. The average Bonchev–Trinajstić information content (AvgIpc) is 2.17. The number of aldehydes is 1. The van der Waals surface area contributed by atoms with Crippen LogP contribution in [0, 0.1) is 0 Å². The number of aliphatic carboxylic acids is 1. The second-order valence-electron chi connectivity index (χ2n) is 2.64. The molecule has 1 unspecified atom stereocenters. The first kappa shape index (κ1) is 14.1. The van der Waals surface area contributed by atoms with Crippen molar-refractivity contribution < 1.29 is 24.4 Å². The van der Waals surface area contributed by atoms with E-state index in [-0.39, 0.29) is 4.91 Å². The Hall–Kier alpha value is -0.890. The minimum absolute atomic E-state index is 0.201. The van der Waals surface area contributed by atoms with Gasteiger partial charge in [-0.2, -0.15) is 0 Å². The zero-order valence-electron chi connectivity index (χ0n) is 8.17. The first-order chi connectivity index (χ1) is 7.04. The van der Waals surface area contributed by atoms with Gasteiger partial charge < -0.3 is 19.6 Å². The van der Waals surface area contributed by atoms with E-state index in [4.69, 9.17) is 10.2 Å². The lowest BCUT2D eigenvalue weighted by Crippen LogP contribution is -2.38. The molecule has 0 aliphatic heterocycles. The van der Waals surface area contributed by atoms with Crippen molar-refractivity contribution in [3.05, 3.63) is 11.0 Å². The largest absolute Gasteiger partial charge is 0.593 e. The SMILES string of the molecule is CC=C(CO)[S+]([O-])N[C@H](C=O)CC(=O)O. The fourth-order valence-corrected chi connectivity index (χ4v) is 1.67. The summed E-state index contributed by atoms with van der Waals surface area (Å²) in [4.78, 5) is 20.9. The van der Waals surface area contributed by atoms with Crippen LogP contribution in [0.2, 0.25) is 0 Å². The summed E-state index contributed by atoms with van der Waals surface area (Å²) in [5.41, 5.74) is 0. The van der Waals surface area contributed by atoms with Crippen LogP contribution in [-0.4, -0.2) is 39.7 Å². The van der Waals surface area contributed by atoms with Crippen molar-refractivity contribution in [2.24, 2.45) is 0 Å². The molecule has 0 aromatic heterocycles. The number of carbonyl (C=O) groups is 2. The summed E-state index contributed by atoms with van der Waals surface area (Å²) in [5.74, 6) is -1.16. The molecule has 0 saturated carbocycles. The molecular weight excluding hydrogens is 222 g/mol. The van der Waals surface area contributed by atoms with Crippen molar-refractivity contribution in [1.82, 2.24) is 4.72 Å². The highest BCUT2D eigenvalue weighted by molar-refractivity contribution is 7.93. The molecule has 0 aromatic rings. The molecule has 0 heterocycles. The first-order valence-corrected chi connectivity index (χ1v) is 5.31. The van der Waals surface area contributed by atoms with E-state index in [1.54, 1.807) is 6.92 Å². The van der Waals surface area contributed by atoms with Crippen molar-refractivity contribution in [2.45, 2.75) is 19.4 Å². The lowest BCUT2D eigenvalue weighted by Gasteiger charge is -2.14. The number of rotatable bonds is 7. The van der Waals surface area contributed by atoms with Crippen LogP contribution in [0.3, 0.4) is 0 Å². The maximum absolute atomic E-state index is 11.4. The predicted molar refractivity (Wildman–Crippen MR) is 54.2 cm³/mol. The Balaban J connectivity index is 4.28. The standard InChI is InChI=1S/C8H13NO5S/c1-2-7(5-11)15(14)9-6(4-10)3-8(12)13/h2,4,6,9,11H,3,5H2,1H3,(H,12,13)/t6-,15?/m0/s1. The average molecular weight is 235 g/mol. The van der Waals surface area contributed by atoms with Crippen LogP contribution in [0.15, 0.2) is 11.0 Å². The van der Waals surface area contributed by atoms with E-state index in [2.05, 4.69) is 4.72 Å². The monoisotopic (exact) mass is 235 g/mol. The molecule has 0 amide bonds. The second-order valence-corrected chi connectivity index (χ2v) is 3.94. The van der Waals surface area contributed by atoms with E-state index in [1.807, 2.05) is 0 Å². The summed E-state index contributed by atoms with van der Waals surface area (Å²) in [6, 6.07) is -1.02. The Morgan fingerprint density at radius 1 is 1.67 bits per heavy atom. The van der Waals surface area contributed by atoms with Gasteiger partial charge in [-0.1, -0.05) is 0 Å². The molecule has 86 valence electrons. The van der Waals surface area contributed by atoms with Crippen molar-refractivity contribution in [1.29, 1.82) is 0 Å². The molecule has 3 N–H and O–H groups in total. The molecule has 0 aliphatic rings. The molecule has 15 heavy (non-hydrogen) atoms. The van der Waals surface area contributed by atoms with Gasteiger partial charge in [0.25, 0.3) is 0 Å². The van der Waals surface area contributed by atoms with Gasteiger partial charge in [-0.15, -0.1) is 4.72 Å². The van der Waals surface area contributed by atoms with Crippen LogP contribution >= 0.6 is 0 Å². The van der Waals surface area contributed by atoms with Crippen LogP contribution < -0.4 is 4.72 Å². The van der Waals surface area contributed by atoms with Crippen LogP contribution in [0.4, 0.5) is 0 Å². The third kappa shape index (κ3) is 5.53. The second kappa shape index (κ2) is 7.41. The van der Waals surface area contributed by atoms with Gasteiger partial charge in [-0.25, -0.2) is 0 Å². The minimum atomic E-state index is -1.74.